The van der Waals surface area contributed by atoms with E-state index in [0.29, 0.717) is 11.6 Å². The van der Waals surface area contributed by atoms with Gasteiger partial charge in [0.25, 0.3) is 5.91 Å². The molecule has 1 aliphatic rings. The third kappa shape index (κ3) is 3.09. The number of nitrogens with zero attached hydrogens (tertiary/aromatic N) is 2. The van der Waals surface area contributed by atoms with Gasteiger partial charge in [0.15, 0.2) is 0 Å². The first-order valence-electron chi connectivity index (χ1n) is 6.28. The van der Waals surface area contributed by atoms with E-state index in [0.717, 1.165) is 12.2 Å². The largest absolute Gasteiger partial charge is 0.364 e. The van der Waals surface area contributed by atoms with Crippen LogP contribution < -0.4 is 5.32 Å². The van der Waals surface area contributed by atoms with Crippen molar-refractivity contribution in [3.05, 3.63) is 36.0 Å². The van der Waals surface area contributed by atoms with Crippen molar-refractivity contribution in [2.75, 3.05) is 19.4 Å². The first-order valence-corrected chi connectivity index (χ1v) is 6.28. The molecule has 18 heavy (non-hydrogen) atoms. The van der Waals surface area contributed by atoms with Gasteiger partial charge >= 0.3 is 0 Å². The fourth-order valence-corrected chi connectivity index (χ4v) is 1.99. The predicted octanol–water partition coefficient (Wildman–Crippen LogP) is 2.30. The van der Waals surface area contributed by atoms with Gasteiger partial charge in [0.2, 0.25) is 0 Å². The highest BCUT2D eigenvalue weighted by Gasteiger charge is 2.10. The molecule has 4 nitrogen and oxygen atoms in total. The van der Waals surface area contributed by atoms with Gasteiger partial charge in [-0.1, -0.05) is 12.2 Å². The normalized spacial score (nSPS) is 18.4. The summed E-state index contributed by atoms with van der Waals surface area (Å²) in [7, 11) is 3.47. The summed E-state index contributed by atoms with van der Waals surface area (Å²) in [6, 6.07) is 4.03. The van der Waals surface area contributed by atoms with Crippen molar-refractivity contribution in [3.8, 4) is 0 Å². The van der Waals surface area contributed by atoms with Crippen LogP contribution in [0.3, 0.4) is 0 Å². The second-order valence-corrected chi connectivity index (χ2v) is 4.74. The van der Waals surface area contributed by atoms with Crippen LogP contribution in [0.1, 0.15) is 29.6 Å². The maximum atomic E-state index is 11.7. The van der Waals surface area contributed by atoms with E-state index in [9.17, 15) is 4.79 Å². The van der Waals surface area contributed by atoms with E-state index in [1.807, 2.05) is 12.1 Å². The second-order valence-electron chi connectivity index (χ2n) is 4.74. The smallest absolute Gasteiger partial charge is 0.254 e. The first-order chi connectivity index (χ1) is 8.66. The van der Waals surface area contributed by atoms with Gasteiger partial charge < -0.3 is 10.2 Å². The van der Waals surface area contributed by atoms with Crippen molar-refractivity contribution in [2.45, 2.75) is 25.3 Å². The van der Waals surface area contributed by atoms with E-state index in [1.54, 1.807) is 25.2 Å². The number of allylic oxidation sites excluding steroid dienone is 1. The molecule has 1 aromatic heterocycles. The molecular formula is C14H19N3O. The van der Waals surface area contributed by atoms with Gasteiger partial charge in [0, 0.05) is 26.3 Å². The fourth-order valence-electron chi connectivity index (χ4n) is 1.99. The zero-order valence-electron chi connectivity index (χ0n) is 10.9. The number of carbonyl (C=O) groups is 1. The van der Waals surface area contributed by atoms with E-state index >= 15 is 0 Å². The van der Waals surface area contributed by atoms with Crippen molar-refractivity contribution in [1.29, 1.82) is 0 Å². The molecule has 0 fully saturated rings. The molecule has 0 spiro atoms. The predicted molar refractivity (Wildman–Crippen MR) is 72.7 cm³/mol. The maximum Gasteiger partial charge on any atom is 0.254 e. The molecule has 1 amide bonds. The van der Waals surface area contributed by atoms with Crippen molar-refractivity contribution in [1.82, 2.24) is 9.88 Å². The summed E-state index contributed by atoms with van der Waals surface area (Å²) in [5.74, 6) is 0.800. The molecule has 1 unspecified atom stereocenters. The highest BCUT2D eigenvalue weighted by atomic mass is 16.2. The minimum Gasteiger partial charge on any atom is -0.364 e. The van der Waals surface area contributed by atoms with Crippen LogP contribution in [0.25, 0.3) is 0 Å². The molecule has 1 aliphatic carbocycles. The average Bonchev–Trinajstić information content (AvgIpc) is 2.40. The van der Waals surface area contributed by atoms with Crippen LogP contribution in [0.5, 0.6) is 0 Å². The second kappa shape index (κ2) is 5.67. The van der Waals surface area contributed by atoms with Crippen LogP contribution in [0.15, 0.2) is 30.5 Å². The van der Waals surface area contributed by atoms with Gasteiger partial charge in [-0.3, -0.25) is 4.79 Å². The van der Waals surface area contributed by atoms with E-state index in [2.05, 4.69) is 22.5 Å². The Morgan fingerprint density at radius 1 is 1.44 bits per heavy atom. The minimum absolute atomic E-state index is 0.0217. The van der Waals surface area contributed by atoms with Gasteiger partial charge in [-0.25, -0.2) is 4.98 Å². The third-order valence-electron chi connectivity index (χ3n) is 3.00. The fraction of sp³-hybridized carbons (Fsp3) is 0.429. The summed E-state index contributed by atoms with van der Waals surface area (Å²) < 4.78 is 0. The molecule has 0 saturated heterocycles. The SMILES string of the molecule is CN(C)C(=O)c1ccc(NC2C=CCCC2)nc1. The topological polar surface area (TPSA) is 45.2 Å². The third-order valence-corrected chi connectivity index (χ3v) is 3.00. The molecule has 0 aliphatic heterocycles. The van der Waals surface area contributed by atoms with Crippen molar-refractivity contribution in [3.63, 3.8) is 0 Å². The lowest BCUT2D eigenvalue weighted by atomic mass is 10.0. The molecule has 4 heteroatoms. The highest BCUT2D eigenvalue weighted by molar-refractivity contribution is 5.93. The van der Waals surface area contributed by atoms with Crippen LogP contribution in [-0.2, 0) is 0 Å². The number of aromatic nitrogens is 1. The first kappa shape index (κ1) is 12.6. The van der Waals surface area contributed by atoms with Crippen molar-refractivity contribution >= 4 is 11.7 Å². The molecule has 2 rings (SSSR count). The van der Waals surface area contributed by atoms with E-state index in [4.69, 9.17) is 0 Å². The average molecular weight is 245 g/mol. The molecule has 1 N–H and O–H groups in total. The Kier molecular flexibility index (Phi) is 3.97. The molecule has 96 valence electrons. The maximum absolute atomic E-state index is 11.7. The van der Waals surface area contributed by atoms with Crippen molar-refractivity contribution in [2.24, 2.45) is 0 Å². The Balaban J connectivity index is 2.01. The Labute approximate surface area is 108 Å². The van der Waals surface area contributed by atoms with Gasteiger partial charge in [-0.05, 0) is 31.4 Å². The molecule has 1 heterocycles. The quantitative estimate of drug-likeness (QED) is 0.831. The minimum atomic E-state index is -0.0217. The number of hydrogen-bond donors (Lipinski definition) is 1. The van der Waals surface area contributed by atoms with E-state index < -0.39 is 0 Å². The summed E-state index contributed by atoms with van der Waals surface area (Å²) in [6.45, 7) is 0. The lowest BCUT2D eigenvalue weighted by Gasteiger charge is -2.18. The standard InChI is InChI=1S/C14H19N3O/c1-17(2)14(18)11-8-9-13(15-10-11)16-12-6-4-3-5-7-12/h4,6,8-10,12H,3,5,7H2,1-2H3,(H,15,16). The molecule has 0 radical (unpaired) electrons. The van der Waals surface area contributed by atoms with Crippen LogP contribution >= 0.6 is 0 Å². The van der Waals surface area contributed by atoms with Gasteiger partial charge in [0.1, 0.15) is 5.82 Å². The number of pyridine rings is 1. The Bertz CT molecular complexity index is 437. The Hall–Kier alpha value is -1.84. The summed E-state index contributed by atoms with van der Waals surface area (Å²) >= 11 is 0. The molecule has 1 aromatic rings. The number of rotatable bonds is 3. The number of amides is 1. The molecule has 0 aromatic carbocycles. The zero-order chi connectivity index (χ0) is 13.0. The number of hydrogen-bond acceptors (Lipinski definition) is 3. The number of anilines is 1. The summed E-state index contributed by atoms with van der Waals surface area (Å²) in [4.78, 5) is 17.5. The zero-order valence-corrected chi connectivity index (χ0v) is 10.9. The van der Waals surface area contributed by atoms with Gasteiger partial charge in [-0.2, -0.15) is 0 Å². The summed E-state index contributed by atoms with van der Waals surface area (Å²) in [5.41, 5.74) is 0.615. The number of carbonyl (C=O) groups excluding carboxylic acids is 1. The van der Waals surface area contributed by atoms with Crippen molar-refractivity contribution < 1.29 is 4.79 Å². The van der Waals surface area contributed by atoms with Crippen LogP contribution in [-0.4, -0.2) is 35.9 Å². The van der Waals surface area contributed by atoms with Crippen LogP contribution in [0.2, 0.25) is 0 Å². The van der Waals surface area contributed by atoms with E-state index in [1.165, 1.54) is 12.8 Å². The summed E-state index contributed by atoms with van der Waals surface area (Å²) in [5, 5.41) is 3.35. The Morgan fingerprint density at radius 2 is 2.28 bits per heavy atom. The lowest BCUT2D eigenvalue weighted by Crippen LogP contribution is -2.22. The number of nitrogens with one attached hydrogen (secondary N) is 1. The highest BCUT2D eigenvalue weighted by Crippen LogP contribution is 2.15. The van der Waals surface area contributed by atoms with Crippen LogP contribution in [0, 0.1) is 0 Å². The lowest BCUT2D eigenvalue weighted by molar-refractivity contribution is 0.0827. The molecule has 0 bridgehead atoms. The van der Waals surface area contributed by atoms with E-state index in [-0.39, 0.29) is 5.91 Å². The Morgan fingerprint density at radius 3 is 2.83 bits per heavy atom. The summed E-state index contributed by atoms with van der Waals surface area (Å²) in [6.07, 6.45) is 9.52. The van der Waals surface area contributed by atoms with Crippen LogP contribution in [0.4, 0.5) is 5.82 Å². The molecule has 0 saturated carbocycles. The molecule has 1 atom stereocenters. The molecular weight excluding hydrogens is 226 g/mol. The van der Waals surface area contributed by atoms with Gasteiger partial charge in [-0.15, -0.1) is 0 Å². The van der Waals surface area contributed by atoms with Gasteiger partial charge in [0.05, 0.1) is 5.56 Å². The monoisotopic (exact) mass is 245 g/mol.